The normalized spacial score (nSPS) is 11.3. The summed E-state index contributed by atoms with van der Waals surface area (Å²) in [6, 6.07) is 11.0. The molecular weight excluding hydrogens is 302 g/mol. The van der Waals surface area contributed by atoms with E-state index in [-0.39, 0.29) is 0 Å². The Hall–Kier alpha value is -0.820. The van der Waals surface area contributed by atoms with Crippen LogP contribution in [0.4, 0.5) is 0 Å². The lowest BCUT2D eigenvalue weighted by Crippen LogP contribution is -2.27. The van der Waals surface area contributed by atoms with E-state index in [0.717, 1.165) is 0 Å². The molecule has 0 bridgehead atoms. The molecule has 0 radical (unpaired) electrons. The predicted molar refractivity (Wildman–Crippen MR) is 113 cm³/mol. The van der Waals surface area contributed by atoms with Crippen molar-refractivity contribution in [3.63, 3.8) is 0 Å². The maximum atomic E-state index is 2.75. The zero-order chi connectivity index (χ0) is 18.0. The summed E-state index contributed by atoms with van der Waals surface area (Å²) in [6.07, 6.45) is 17.9. The van der Waals surface area contributed by atoms with Gasteiger partial charge in [0.15, 0.2) is 0 Å². The molecule has 0 N–H and O–H groups in total. The van der Waals surface area contributed by atoms with Crippen LogP contribution < -0.4 is 0 Å². The van der Waals surface area contributed by atoms with E-state index < -0.39 is 0 Å². The van der Waals surface area contributed by atoms with Gasteiger partial charge in [0.2, 0.25) is 0 Å². The highest BCUT2D eigenvalue weighted by molar-refractivity contribution is 5.14. The monoisotopic (exact) mass is 345 g/mol. The summed E-state index contributed by atoms with van der Waals surface area (Å²) in [5, 5.41) is 0. The van der Waals surface area contributed by atoms with E-state index in [2.05, 4.69) is 49.1 Å². The Morgan fingerprint density at radius 1 is 0.560 bits per heavy atom. The lowest BCUT2D eigenvalue weighted by molar-refractivity contribution is 0.255. The second-order valence-electron chi connectivity index (χ2n) is 7.61. The fourth-order valence-electron chi connectivity index (χ4n) is 3.52. The Morgan fingerprint density at radius 2 is 1.04 bits per heavy atom. The summed E-state index contributed by atoms with van der Waals surface area (Å²) in [6.45, 7) is 8.55. The highest BCUT2D eigenvalue weighted by Crippen LogP contribution is 2.10. The summed E-state index contributed by atoms with van der Waals surface area (Å²) in [7, 11) is 0. The minimum atomic E-state index is 1.24. The van der Waals surface area contributed by atoms with Crippen LogP contribution in [0.3, 0.4) is 0 Å². The Balaban J connectivity index is 2.18. The van der Waals surface area contributed by atoms with Crippen molar-refractivity contribution in [2.45, 2.75) is 97.3 Å². The van der Waals surface area contributed by atoms with E-state index in [0.29, 0.717) is 0 Å². The van der Waals surface area contributed by atoms with Gasteiger partial charge < -0.3 is 4.90 Å². The van der Waals surface area contributed by atoms with Crippen molar-refractivity contribution in [1.29, 1.82) is 0 Å². The zero-order valence-electron chi connectivity index (χ0n) is 17.1. The molecule has 1 nitrogen and oxygen atoms in total. The predicted octanol–water partition coefficient (Wildman–Crippen LogP) is 7.25. The highest BCUT2D eigenvalue weighted by atomic mass is 15.1. The summed E-state index contributed by atoms with van der Waals surface area (Å²) < 4.78 is 0. The van der Waals surface area contributed by atoms with Crippen molar-refractivity contribution in [1.82, 2.24) is 4.90 Å². The molecule has 0 spiro atoms. The standard InChI is InChI=1S/C24H43N/c1-3-5-7-9-15-21-25(22-16-10-8-6-4-2)23-17-14-20-24-18-12-11-13-19-24/h11-13,18-19H,3-10,14-17,20-23H2,1-2H3. The van der Waals surface area contributed by atoms with Gasteiger partial charge in [-0.3, -0.25) is 0 Å². The number of rotatable bonds is 17. The van der Waals surface area contributed by atoms with Gasteiger partial charge in [-0.25, -0.2) is 0 Å². The molecule has 0 saturated heterocycles. The van der Waals surface area contributed by atoms with Crippen molar-refractivity contribution >= 4 is 0 Å². The molecule has 144 valence electrons. The Kier molecular flexibility index (Phi) is 14.8. The minimum absolute atomic E-state index is 1.24. The summed E-state index contributed by atoms with van der Waals surface area (Å²) in [4.78, 5) is 2.75. The zero-order valence-corrected chi connectivity index (χ0v) is 17.1. The van der Waals surface area contributed by atoms with Crippen LogP contribution in [0.2, 0.25) is 0 Å². The Bertz CT molecular complexity index is 359. The van der Waals surface area contributed by atoms with Crippen LogP contribution in [-0.4, -0.2) is 24.5 Å². The summed E-state index contributed by atoms with van der Waals surface area (Å²) >= 11 is 0. The third kappa shape index (κ3) is 13.1. The van der Waals surface area contributed by atoms with Crippen LogP contribution in [0.15, 0.2) is 30.3 Å². The molecule has 1 aromatic rings. The first-order valence-corrected chi connectivity index (χ1v) is 11.1. The molecule has 0 unspecified atom stereocenters. The average Bonchev–Trinajstić information content (AvgIpc) is 2.65. The molecule has 0 saturated carbocycles. The van der Waals surface area contributed by atoms with Crippen LogP contribution in [0.1, 0.15) is 96.5 Å². The quantitative estimate of drug-likeness (QED) is 0.269. The topological polar surface area (TPSA) is 3.24 Å². The van der Waals surface area contributed by atoms with Gasteiger partial charge in [-0.05, 0) is 57.3 Å². The van der Waals surface area contributed by atoms with E-state index in [9.17, 15) is 0 Å². The number of aryl methyl sites for hydroxylation is 1. The van der Waals surface area contributed by atoms with E-state index in [4.69, 9.17) is 0 Å². The molecule has 0 heterocycles. The first kappa shape index (κ1) is 22.2. The first-order valence-electron chi connectivity index (χ1n) is 11.1. The third-order valence-corrected chi connectivity index (χ3v) is 5.19. The molecule has 0 aliphatic heterocycles. The van der Waals surface area contributed by atoms with E-state index in [1.807, 2.05) is 0 Å². The van der Waals surface area contributed by atoms with Crippen molar-refractivity contribution in [2.24, 2.45) is 0 Å². The molecule has 25 heavy (non-hydrogen) atoms. The third-order valence-electron chi connectivity index (χ3n) is 5.19. The van der Waals surface area contributed by atoms with Gasteiger partial charge in [0.05, 0.1) is 0 Å². The highest BCUT2D eigenvalue weighted by Gasteiger charge is 2.05. The van der Waals surface area contributed by atoms with Gasteiger partial charge in [0.25, 0.3) is 0 Å². The molecular formula is C24H43N. The van der Waals surface area contributed by atoms with Crippen molar-refractivity contribution < 1.29 is 0 Å². The number of benzene rings is 1. The number of nitrogens with zero attached hydrogens (tertiary/aromatic N) is 1. The molecule has 0 aliphatic rings. The summed E-state index contributed by atoms with van der Waals surface area (Å²) in [5.74, 6) is 0. The van der Waals surface area contributed by atoms with E-state index in [1.165, 1.54) is 109 Å². The van der Waals surface area contributed by atoms with E-state index >= 15 is 0 Å². The van der Waals surface area contributed by atoms with Crippen molar-refractivity contribution in [2.75, 3.05) is 19.6 Å². The van der Waals surface area contributed by atoms with Crippen LogP contribution in [0.25, 0.3) is 0 Å². The van der Waals surface area contributed by atoms with Crippen LogP contribution in [0.5, 0.6) is 0 Å². The second kappa shape index (κ2) is 16.6. The lowest BCUT2D eigenvalue weighted by atomic mass is 10.1. The van der Waals surface area contributed by atoms with Gasteiger partial charge in [-0.1, -0.05) is 95.5 Å². The van der Waals surface area contributed by atoms with Gasteiger partial charge >= 0.3 is 0 Å². The van der Waals surface area contributed by atoms with Crippen LogP contribution in [-0.2, 0) is 6.42 Å². The fraction of sp³-hybridized carbons (Fsp3) is 0.750. The lowest BCUT2D eigenvalue weighted by Gasteiger charge is -2.22. The average molecular weight is 346 g/mol. The minimum Gasteiger partial charge on any atom is -0.303 e. The Labute approximate surface area is 158 Å². The number of unbranched alkanes of at least 4 members (excludes halogenated alkanes) is 9. The molecule has 1 rings (SSSR count). The second-order valence-corrected chi connectivity index (χ2v) is 7.61. The van der Waals surface area contributed by atoms with Gasteiger partial charge in [0, 0.05) is 0 Å². The summed E-state index contributed by atoms with van der Waals surface area (Å²) in [5.41, 5.74) is 1.49. The van der Waals surface area contributed by atoms with Gasteiger partial charge in [-0.2, -0.15) is 0 Å². The Morgan fingerprint density at radius 3 is 1.56 bits per heavy atom. The maximum absolute atomic E-state index is 2.75. The van der Waals surface area contributed by atoms with Gasteiger partial charge in [0.1, 0.15) is 0 Å². The molecule has 0 atom stereocenters. The first-order chi connectivity index (χ1) is 12.4. The van der Waals surface area contributed by atoms with Crippen LogP contribution in [0, 0.1) is 0 Å². The van der Waals surface area contributed by atoms with Crippen LogP contribution >= 0.6 is 0 Å². The van der Waals surface area contributed by atoms with Crippen molar-refractivity contribution in [3.05, 3.63) is 35.9 Å². The SMILES string of the molecule is CCCCCCCN(CCCCCCC)CCCCc1ccccc1. The molecule has 0 amide bonds. The number of hydrogen-bond acceptors (Lipinski definition) is 1. The molecule has 1 aromatic carbocycles. The maximum Gasteiger partial charge on any atom is -0.00186 e. The molecule has 0 aromatic heterocycles. The fourth-order valence-corrected chi connectivity index (χ4v) is 3.52. The largest absolute Gasteiger partial charge is 0.303 e. The molecule has 0 aliphatic carbocycles. The molecule has 0 fully saturated rings. The molecule has 1 heteroatoms. The van der Waals surface area contributed by atoms with Crippen molar-refractivity contribution in [3.8, 4) is 0 Å². The number of hydrogen-bond donors (Lipinski definition) is 0. The van der Waals surface area contributed by atoms with Gasteiger partial charge in [-0.15, -0.1) is 0 Å². The smallest absolute Gasteiger partial charge is 0.00186 e. The van der Waals surface area contributed by atoms with E-state index in [1.54, 1.807) is 0 Å².